The number of furan rings is 1. The number of fused-ring (bicyclic) bond motifs is 1. The Kier molecular flexibility index (Phi) is 4.06. The Balaban J connectivity index is 1.48. The van der Waals surface area contributed by atoms with Crippen LogP contribution in [0, 0.1) is 12.7 Å². The highest BCUT2D eigenvalue weighted by atomic mass is 19.1. The van der Waals surface area contributed by atoms with Gasteiger partial charge in [-0.05, 0) is 60.7 Å². The van der Waals surface area contributed by atoms with Gasteiger partial charge in [0, 0.05) is 11.6 Å². The molecule has 128 valence electrons. The molecule has 1 aliphatic carbocycles. The van der Waals surface area contributed by atoms with E-state index in [1.807, 2.05) is 24.3 Å². The van der Waals surface area contributed by atoms with Crippen LogP contribution in [-0.2, 0) is 13.0 Å². The third-order valence-electron chi connectivity index (χ3n) is 4.96. The van der Waals surface area contributed by atoms with Gasteiger partial charge in [-0.3, -0.25) is 0 Å². The lowest BCUT2D eigenvalue weighted by Gasteiger charge is -2.13. The fraction of sp³-hybridized carbons (Fsp3) is 0.238. The van der Waals surface area contributed by atoms with E-state index in [0.717, 1.165) is 35.3 Å². The van der Waals surface area contributed by atoms with Crippen LogP contribution in [0.4, 0.5) is 4.39 Å². The number of benzene rings is 2. The first-order valence-corrected chi connectivity index (χ1v) is 8.52. The van der Waals surface area contributed by atoms with Crippen LogP contribution in [0.3, 0.4) is 0 Å². The predicted molar refractivity (Wildman–Crippen MR) is 94.8 cm³/mol. The Bertz CT molecular complexity index is 916. The average Bonchev–Trinajstić information content (AvgIpc) is 3.23. The highest BCUT2D eigenvalue weighted by Gasteiger charge is 2.24. The fourth-order valence-electron chi connectivity index (χ4n) is 3.56. The van der Waals surface area contributed by atoms with Crippen LogP contribution >= 0.6 is 0 Å². The van der Waals surface area contributed by atoms with Gasteiger partial charge in [0.15, 0.2) is 0 Å². The van der Waals surface area contributed by atoms with E-state index in [1.54, 1.807) is 19.1 Å². The van der Waals surface area contributed by atoms with Crippen molar-refractivity contribution in [2.24, 2.45) is 0 Å². The summed E-state index contributed by atoms with van der Waals surface area (Å²) in [7, 11) is 0. The number of rotatable bonds is 4. The third kappa shape index (κ3) is 2.94. The van der Waals surface area contributed by atoms with Gasteiger partial charge in [-0.1, -0.05) is 24.3 Å². The summed E-state index contributed by atoms with van der Waals surface area (Å²) >= 11 is 0. The molecule has 0 saturated heterocycles. The molecule has 4 heteroatoms. The van der Waals surface area contributed by atoms with E-state index in [2.05, 4.69) is 11.4 Å². The van der Waals surface area contributed by atoms with E-state index < -0.39 is 0 Å². The Hall–Kier alpha value is -2.59. The van der Waals surface area contributed by atoms with Gasteiger partial charge >= 0.3 is 0 Å². The lowest BCUT2D eigenvalue weighted by molar-refractivity contribution is 0.454. The molecule has 0 amide bonds. The summed E-state index contributed by atoms with van der Waals surface area (Å²) in [5.41, 5.74) is 3.57. The number of nitrogens with one attached hydrogen (secondary N) is 1. The molecule has 25 heavy (non-hydrogen) atoms. The van der Waals surface area contributed by atoms with Crippen LogP contribution < -0.4 is 5.32 Å². The molecule has 0 spiro atoms. The van der Waals surface area contributed by atoms with Crippen LogP contribution in [0.15, 0.2) is 52.9 Å². The highest BCUT2D eigenvalue weighted by Crippen LogP contribution is 2.36. The quantitative estimate of drug-likeness (QED) is 0.713. The summed E-state index contributed by atoms with van der Waals surface area (Å²) in [6.45, 7) is 2.35. The molecule has 1 unspecified atom stereocenters. The molecule has 0 saturated carbocycles. The molecule has 4 rings (SSSR count). The Labute approximate surface area is 146 Å². The molecule has 3 aromatic rings. The van der Waals surface area contributed by atoms with Gasteiger partial charge < -0.3 is 14.8 Å². The van der Waals surface area contributed by atoms with Crippen molar-refractivity contribution >= 4 is 0 Å². The van der Waals surface area contributed by atoms with E-state index in [4.69, 9.17) is 4.42 Å². The number of aromatic hydroxyl groups is 1. The number of halogens is 1. The van der Waals surface area contributed by atoms with Crippen molar-refractivity contribution in [3.8, 4) is 17.1 Å². The van der Waals surface area contributed by atoms with Crippen LogP contribution in [0.25, 0.3) is 11.3 Å². The maximum Gasteiger partial charge on any atom is 0.134 e. The second-order valence-corrected chi connectivity index (χ2v) is 6.50. The summed E-state index contributed by atoms with van der Waals surface area (Å²) in [5, 5.41) is 13.4. The van der Waals surface area contributed by atoms with Crippen molar-refractivity contribution in [3.05, 3.63) is 76.8 Å². The van der Waals surface area contributed by atoms with Crippen LogP contribution in [0.2, 0.25) is 0 Å². The van der Waals surface area contributed by atoms with Gasteiger partial charge in [-0.25, -0.2) is 4.39 Å². The topological polar surface area (TPSA) is 45.4 Å². The van der Waals surface area contributed by atoms with Crippen molar-refractivity contribution < 1.29 is 13.9 Å². The molecular formula is C21H20FNO2. The highest BCUT2D eigenvalue weighted by molar-refractivity contribution is 5.62. The molecule has 1 atom stereocenters. The number of hydrogen-bond donors (Lipinski definition) is 2. The Morgan fingerprint density at radius 2 is 2.00 bits per heavy atom. The minimum absolute atomic E-state index is 0.214. The minimum Gasteiger partial charge on any atom is -0.508 e. The molecule has 0 radical (unpaired) electrons. The predicted octanol–water partition coefficient (Wildman–Crippen LogP) is 4.88. The lowest BCUT2D eigenvalue weighted by atomic mass is 10.1. The molecule has 1 aromatic heterocycles. The molecule has 1 aliphatic rings. The molecule has 0 fully saturated rings. The van der Waals surface area contributed by atoms with E-state index in [9.17, 15) is 9.50 Å². The first-order valence-electron chi connectivity index (χ1n) is 8.52. The summed E-state index contributed by atoms with van der Waals surface area (Å²) in [6, 6.07) is 14.7. The van der Waals surface area contributed by atoms with Crippen LogP contribution in [-0.4, -0.2) is 5.11 Å². The van der Waals surface area contributed by atoms with Gasteiger partial charge in [0.2, 0.25) is 0 Å². The molecular weight excluding hydrogens is 317 g/mol. The average molecular weight is 337 g/mol. The van der Waals surface area contributed by atoms with Crippen LogP contribution in [0.1, 0.15) is 34.9 Å². The number of phenolic OH excluding ortho intramolecular Hbond substituents is 1. The van der Waals surface area contributed by atoms with Crippen molar-refractivity contribution in [3.63, 3.8) is 0 Å². The monoisotopic (exact) mass is 337 g/mol. The summed E-state index contributed by atoms with van der Waals surface area (Å²) in [6.07, 6.45) is 1.84. The molecule has 0 aliphatic heterocycles. The molecule has 3 nitrogen and oxygen atoms in total. The minimum atomic E-state index is -0.226. The van der Waals surface area contributed by atoms with Crippen molar-refractivity contribution in [1.82, 2.24) is 5.32 Å². The van der Waals surface area contributed by atoms with E-state index in [0.29, 0.717) is 23.6 Å². The third-order valence-corrected chi connectivity index (χ3v) is 4.96. The van der Waals surface area contributed by atoms with Crippen molar-refractivity contribution in [2.75, 3.05) is 0 Å². The van der Waals surface area contributed by atoms with Gasteiger partial charge in [0.05, 0.1) is 6.54 Å². The standard InChI is InChI=1S/C21H20FNO2/c1-13-15(4-2-6-18(13)22)21-11-8-14(25-21)12-23-19-10-9-17-16(19)5-3-7-20(17)24/h2-8,11,19,23-24H,9-10,12H2,1H3. The van der Waals surface area contributed by atoms with E-state index >= 15 is 0 Å². The maximum atomic E-state index is 13.7. The molecule has 2 N–H and O–H groups in total. The van der Waals surface area contributed by atoms with Crippen LogP contribution in [0.5, 0.6) is 5.75 Å². The summed E-state index contributed by atoms with van der Waals surface area (Å²) in [5.74, 6) is 1.64. The van der Waals surface area contributed by atoms with Gasteiger partial charge in [-0.2, -0.15) is 0 Å². The molecule has 1 heterocycles. The summed E-state index contributed by atoms with van der Waals surface area (Å²) < 4.78 is 19.6. The summed E-state index contributed by atoms with van der Waals surface area (Å²) in [4.78, 5) is 0. The normalized spacial score (nSPS) is 16.2. The second kappa shape index (κ2) is 6.37. The SMILES string of the molecule is Cc1c(F)cccc1-c1ccc(CNC2CCc3c(O)cccc32)o1. The lowest BCUT2D eigenvalue weighted by Crippen LogP contribution is -2.18. The van der Waals surface area contributed by atoms with Gasteiger partial charge in [-0.15, -0.1) is 0 Å². The van der Waals surface area contributed by atoms with Gasteiger partial charge in [0.1, 0.15) is 23.1 Å². The first-order chi connectivity index (χ1) is 12.1. The number of phenols is 1. The number of hydrogen-bond acceptors (Lipinski definition) is 3. The van der Waals surface area contributed by atoms with Crippen molar-refractivity contribution in [1.29, 1.82) is 0 Å². The maximum absolute atomic E-state index is 13.7. The largest absolute Gasteiger partial charge is 0.508 e. The Morgan fingerprint density at radius 1 is 1.16 bits per heavy atom. The van der Waals surface area contributed by atoms with E-state index in [1.165, 1.54) is 6.07 Å². The Morgan fingerprint density at radius 3 is 2.88 bits per heavy atom. The molecule has 0 bridgehead atoms. The molecule has 2 aromatic carbocycles. The first kappa shape index (κ1) is 15.9. The zero-order valence-electron chi connectivity index (χ0n) is 14.1. The van der Waals surface area contributed by atoms with E-state index in [-0.39, 0.29) is 11.9 Å². The zero-order valence-corrected chi connectivity index (χ0v) is 14.1. The fourth-order valence-corrected chi connectivity index (χ4v) is 3.56. The second-order valence-electron chi connectivity index (χ2n) is 6.50. The zero-order chi connectivity index (χ0) is 17.4. The smallest absolute Gasteiger partial charge is 0.134 e. The van der Waals surface area contributed by atoms with Crippen molar-refractivity contribution in [2.45, 2.75) is 32.4 Å². The van der Waals surface area contributed by atoms with Gasteiger partial charge in [0.25, 0.3) is 0 Å².